The van der Waals surface area contributed by atoms with Crippen molar-refractivity contribution < 1.29 is 9.18 Å². The maximum atomic E-state index is 12.3. The third-order valence-corrected chi connectivity index (χ3v) is 1.78. The van der Waals surface area contributed by atoms with Crippen LogP contribution in [0.2, 0.25) is 0 Å². The zero-order valence-corrected chi connectivity index (χ0v) is 8.23. The number of halogens is 2. The molecule has 1 aromatic rings. The van der Waals surface area contributed by atoms with Crippen molar-refractivity contribution in [2.75, 3.05) is 0 Å². The molecule has 1 rings (SSSR count). The van der Waals surface area contributed by atoms with Gasteiger partial charge in [-0.05, 0) is 5.56 Å². The Morgan fingerprint density at radius 1 is 1.38 bits per heavy atom. The smallest absolute Gasteiger partial charge is 0.162 e. The van der Waals surface area contributed by atoms with Crippen LogP contribution >= 0.6 is 12.4 Å². The average Bonchev–Trinajstić information content (AvgIpc) is 2.16. The molecule has 0 spiro atoms. The molecule has 0 bridgehead atoms. The average molecular weight is 203 g/mol. The number of ketones is 1. The van der Waals surface area contributed by atoms with Crippen molar-refractivity contribution in [3.63, 3.8) is 0 Å². The summed E-state index contributed by atoms with van der Waals surface area (Å²) >= 11 is 0. The van der Waals surface area contributed by atoms with Crippen molar-refractivity contribution in [2.45, 2.75) is 20.0 Å². The SMILES string of the molecule is CCC(=O)c1ccccc1CF.Cl. The van der Waals surface area contributed by atoms with Crippen LogP contribution in [0.4, 0.5) is 4.39 Å². The summed E-state index contributed by atoms with van der Waals surface area (Å²) in [5.41, 5.74) is 1.01. The van der Waals surface area contributed by atoms with Crippen LogP contribution in [0.1, 0.15) is 29.3 Å². The Labute approximate surface area is 83.4 Å². The fraction of sp³-hybridized carbons (Fsp3) is 0.300. The van der Waals surface area contributed by atoms with E-state index in [2.05, 4.69) is 0 Å². The normalized spacial score (nSPS) is 9.08. The summed E-state index contributed by atoms with van der Waals surface area (Å²) in [5, 5.41) is 0. The topological polar surface area (TPSA) is 17.1 Å². The van der Waals surface area contributed by atoms with Gasteiger partial charge >= 0.3 is 0 Å². The molecule has 0 aromatic heterocycles. The second kappa shape index (κ2) is 5.70. The first-order valence-corrected chi connectivity index (χ1v) is 3.96. The first-order chi connectivity index (χ1) is 5.79. The summed E-state index contributed by atoms with van der Waals surface area (Å²) in [6.45, 7) is 1.21. The van der Waals surface area contributed by atoms with Gasteiger partial charge in [-0.2, -0.15) is 0 Å². The van der Waals surface area contributed by atoms with Crippen LogP contribution < -0.4 is 0 Å². The van der Waals surface area contributed by atoms with Gasteiger partial charge in [0.1, 0.15) is 6.67 Å². The van der Waals surface area contributed by atoms with Crippen molar-refractivity contribution in [1.29, 1.82) is 0 Å². The number of carbonyl (C=O) groups excluding carboxylic acids is 1. The van der Waals surface area contributed by atoms with E-state index in [1.807, 2.05) is 0 Å². The van der Waals surface area contributed by atoms with Crippen LogP contribution in [-0.4, -0.2) is 5.78 Å². The van der Waals surface area contributed by atoms with Gasteiger partial charge in [-0.3, -0.25) is 4.79 Å². The van der Waals surface area contributed by atoms with Crippen LogP contribution in [0.5, 0.6) is 0 Å². The van der Waals surface area contributed by atoms with Gasteiger partial charge in [0.25, 0.3) is 0 Å². The van der Waals surface area contributed by atoms with Crippen molar-refractivity contribution >= 4 is 18.2 Å². The molecule has 72 valence electrons. The van der Waals surface area contributed by atoms with Crippen LogP contribution in [0, 0.1) is 0 Å². The van der Waals surface area contributed by atoms with Crippen molar-refractivity contribution in [2.24, 2.45) is 0 Å². The standard InChI is InChI=1S/C10H11FO.ClH/c1-2-10(12)9-6-4-3-5-8(9)7-11;/h3-6H,2,7H2,1H3;1H. The molecule has 1 aromatic carbocycles. The third kappa shape index (κ3) is 2.81. The summed E-state index contributed by atoms with van der Waals surface area (Å²) in [5.74, 6) is 0.00301. The molecular formula is C10H12ClFO. The third-order valence-electron chi connectivity index (χ3n) is 1.78. The van der Waals surface area contributed by atoms with Crippen LogP contribution in [0.3, 0.4) is 0 Å². The second-order valence-electron chi connectivity index (χ2n) is 2.57. The van der Waals surface area contributed by atoms with Crippen LogP contribution in [0.25, 0.3) is 0 Å². The minimum absolute atomic E-state index is 0. The molecule has 0 radical (unpaired) electrons. The van der Waals surface area contributed by atoms with E-state index in [0.717, 1.165) is 0 Å². The summed E-state index contributed by atoms with van der Waals surface area (Å²) in [6.07, 6.45) is 0.428. The van der Waals surface area contributed by atoms with Gasteiger partial charge in [0.15, 0.2) is 5.78 Å². The summed E-state index contributed by atoms with van der Waals surface area (Å²) in [6, 6.07) is 6.80. The molecule has 3 heteroatoms. The predicted molar refractivity (Wildman–Crippen MR) is 53.1 cm³/mol. The molecule has 0 amide bonds. The van der Waals surface area contributed by atoms with Gasteiger partial charge in [0, 0.05) is 12.0 Å². The number of hydrogen-bond donors (Lipinski definition) is 0. The molecule has 0 N–H and O–H groups in total. The van der Waals surface area contributed by atoms with E-state index in [1.54, 1.807) is 31.2 Å². The summed E-state index contributed by atoms with van der Waals surface area (Å²) in [7, 11) is 0. The summed E-state index contributed by atoms with van der Waals surface area (Å²) < 4.78 is 12.3. The van der Waals surface area contributed by atoms with Gasteiger partial charge in [0.2, 0.25) is 0 Å². The lowest BCUT2D eigenvalue weighted by molar-refractivity contribution is 0.0986. The zero-order valence-electron chi connectivity index (χ0n) is 7.42. The van der Waals surface area contributed by atoms with Crippen LogP contribution in [-0.2, 0) is 6.67 Å². The number of Topliss-reactive ketones (excluding diaryl/α,β-unsaturated/α-hetero) is 1. The van der Waals surface area contributed by atoms with E-state index >= 15 is 0 Å². The first-order valence-electron chi connectivity index (χ1n) is 3.96. The van der Waals surface area contributed by atoms with Crippen molar-refractivity contribution in [3.8, 4) is 0 Å². The fourth-order valence-corrected chi connectivity index (χ4v) is 1.10. The highest BCUT2D eigenvalue weighted by Crippen LogP contribution is 2.11. The van der Waals surface area contributed by atoms with Gasteiger partial charge in [-0.15, -0.1) is 12.4 Å². The number of hydrogen-bond acceptors (Lipinski definition) is 1. The second-order valence-corrected chi connectivity index (χ2v) is 2.57. The number of carbonyl (C=O) groups is 1. The van der Waals surface area contributed by atoms with Gasteiger partial charge in [-0.1, -0.05) is 31.2 Å². The lowest BCUT2D eigenvalue weighted by Gasteiger charge is -2.02. The zero-order chi connectivity index (χ0) is 8.97. The van der Waals surface area contributed by atoms with E-state index < -0.39 is 6.67 Å². The monoisotopic (exact) mass is 202 g/mol. The van der Waals surface area contributed by atoms with E-state index in [-0.39, 0.29) is 18.2 Å². The molecule has 0 heterocycles. The predicted octanol–water partition coefficient (Wildman–Crippen LogP) is 3.17. The Kier molecular flexibility index (Phi) is 5.31. The largest absolute Gasteiger partial charge is 0.294 e. The Balaban J connectivity index is 0.00000144. The van der Waals surface area contributed by atoms with E-state index in [9.17, 15) is 9.18 Å². The molecule has 0 unspecified atom stereocenters. The van der Waals surface area contributed by atoms with Crippen molar-refractivity contribution in [1.82, 2.24) is 0 Å². The Hall–Kier alpha value is -0.890. The minimum atomic E-state index is -0.568. The lowest BCUT2D eigenvalue weighted by Crippen LogP contribution is -2.00. The quantitative estimate of drug-likeness (QED) is 0.689. The molecule has 0 aliphatic rings. The maximum absolute atomic E-state index is 12.3. The highest BCUT2D eigenvalue weighted by Gasteiger charge is 2.07. The maximum Gasteiger partial charge on any atom is 0.162 e. The van der Waals surface area contributed by atoms with Gasteiger partial charge in [-0.25, -0.2) is 4.39 Å². The van der Waals surface area contributed by atoms with E-state index in [0.29, 0.717) is 17.5 Å². The number of benzene rings is 1. The summed E-state index contributed by atoms with van der Waals surface area (Å²) in [4.78, 5) is 11.2. The highest BCUT2D eigenvalue weighted by atomic mass is 35.5. The minimum Gasteiger partial charge on any atom is -0.294 e. The number of rotatable bonds is 3. The van der Waals surface area contributed by atoms with Crippen LogP contribution in [0.15, 0.2) is 24.3 Å². The highest BCUT2D eigenvalue weighted by molar-refractivity contribution is 5.97. The molecule has 0 atom stereocenters. The molecule has 1 nitrogen and oxygen atoms in total. The van der Waals surface area contributed by atoms with Gasteiger partial charge < -0.3 is 0 Å². The molecule has 0 aliphatic heterocycles. The first kappa shape index (κ1) is 12.1. The fourth-order valence-electron chi connectivity index (χ4n) is 1.10. The molecule has 0 aliphatic carbocycles. The Bertz CT molecular complexity index is 286. The molecule has 0 fully saturated rings. The lowest BCUT2D eigenvalue weighted by atomic mass is 10.0. The Morgan fingerprint density at radius 2 is 2.00 bits per heavy atom. The van der Waals surface area contributed by atoms with Gasteiger partial charge in [0.05, 0.1) is 0 Å². The Morgan fingerprint density at radius 3 is 2.54 bits per heavy atom. The number of alkyl halides is 1. The van der Waals surface area contributed by atoms with E-state index in [4.69, 9.17) is 0 Å². The molecule has 13 heavy (non-hydrogen) atoms. The van der Waals surface area contributed by atoms with Crippen molar-refractivity contribution in [3.05, 3.63) is 35.4 Å². The van der Waals surface area contributed by atoms with E-state index in [1.165, 1.54) is 0 Å². The molecular weight excluding hydrogens is 191 g/mol. The molecule has 0 saturated carbocycles. The molecule has 0 saturated heterocycles.